The van der Waals surface area contributed by atoms with E-state index in [0.29, 0.717) is 5.92 Å². The molecule has 0 saturated heterocycles. The number of hydrogen-bond donors (Lipinski definition) is 0. The standard InChI is InChI=1S/C19H24N4O/c1-13(2)12-23-11-10-17-18(23)19(21-14(3)20-17)22(4)15-6-8-16(24-5)9-7-15/h6-11,13H,12H2,1-5H3. The molecule has 0 spiro atoms. The molecule has 0 saturated carbocycles. The number of nitrogens with zero attached hydrogens (tertiary/aromatic N) is 4. The Morgan fingerprint density at radius 3 is 2.46 bits per heavy atom. The molecule has 0 N–H and O–H groups in total. The zero-order chi connectivity index (χ0) is 17.3. The molecule has 0 atom stereocenters. The summed E-state index contributed by atoms with van der Waals surface area (Å²) in [5.41, 5.74) is 3.12. The van der Waals surface area contributed by atoms with Gasteiger partial charge in [-0.15, -0.1) is 0 Å². The first-order chi connectivity index (χ1) is 11.5. The average molecular weight is 324 g/mol. The van der Waals surface area contributed by atoms with Crippen LogP contribution in [0.4, 0.5) is 11.5 Å². The third-order valence-electron chi connectivity index (χ3n) is 4.04. The van der Waals surface area contributed by atoms with Gasteiger partial charge in [0.2, 0.25) is 0 Å². The highest BCUT2D eigenvalue weighted by atomic mass is 16.5. The van der Waals surface area contributed by atoms with E-state index < -0.39 is 0 Å². The molecule has 24 heavy (non-hydrogen) atoms. The van der Waals surface area contributed by atoms with Crippen molar-refractivity contribution < 1.29 is 4.74 Å². The maximum absolute atomic E-state index is 5.25. The van der Waals surface area contributed by atoms with E-state index in [9.17, 15) is 0 Å². The quantitative estimate of drug-likeness (QED) is 0.706. The van der Waals surface area contributed by atoms with Gasteiger partial charge in [0.15, 0.2) is 5.82 Å². The van der Waals surface area contributed by atoms with Crippen LogP contribution in [0.3, 0.4) is 0 Å². The summed E-state index contributed by atoms with van der Waals surface area (Å²) in [6.45, 7) is 7.31. The molecular formula is C19H24N4O. The number of aromatic nitrogens is 3. The Labute approximate surface area is 142 Å². The lowest BCUT2D eigenvalue weighted by molar-refractivity contribution is 0.415. The van der Waals surface area contributed by atoms with Crippen LogP contribution >= 0.6 is 0 Å². The molecule has 0 unspecified atom stereocenters. The molecule has 0 radical (unpaired) electrons. The lowest BCUT2D eigenvalue weighted by Gasteiger charge is -2.21. The van der Waals surface area contributed by atoms with E-state index in [1.54, 1.807) is 7.11 Å². The first-order valence-corrected chi connectivity index (χ1v) is 8.21. The van der Waals surface area contributed by atoms with Crippen molar-refractivity contribution in [1.29, 1.82) is 0 Å². The fraction of sp³-hybridized carbons (Fsp3) is 0.368. The lowest BCUT2D eigenvalue weighted by Crippen LogP contribution is -2.15. The van der Waals surface area contributed by atoms with Gasteiger partial charge in [-0.05, 0) is 43.2 Å². The summed E-state index contributed by atoms with van der Waals surface area (Å²) in [5, 5.41) is 0. The van der Waals surface area contributed by atoms with Gasteiger partial charge in [-0.2, -0.15) is 0 Å². The van der Waals surface area contributed by atoms with E-state index in [1.807, 2.05) is 38.2 Å². The van der Waals surface area contributed by atoms with Gasteiger partial charge < -0.3 is 14.2 Å². The van der Waals surface area contributed by atoms with Crippen LogP contribution in [0.15, 0.2) is 36.5 Å². The smallest absolute Gasteiger partial charge is 0.161 e. The molecule has 0 fully saturated rings. The molecule has 3 rings (SSSR count). The molecule has 1 aromatic carbocycles. The van der Waals surface area contributed by atoms with Gasteiger partial charge in [-0.1, -0.05) is 13.8 Å². The van der Waals surface area contributed by atoms with Crippen LogP contribution in [0, 0.1) is 12.8 Å². The van der Waals surface area contributed by atoms with Crippen LogP contribution in [0.2, 0.25) is 0 Å². The fourth-order valence-electron chi connectivity index (χ4n) is 2.91. The van der Waals surface area contributed by atoms with Crippen LogP contribution in [0.25, 0.3) is 11.0 Å². The Morgan fingerprint density at radius 2 is 1.83 bits per heavy atom. The molecular weight excluding hydrogens is 300 g/mol. The van der Waals surface area contributed by atoms with Crippen LogP contribution < -0.4 is 9.64 Å². The number of ether oxygens (including phenoxy) is 1. The molecule has 126 valence electrons. The van der Waals surface area contributed by atoms with E-state index in [0.717, 1.165) is 40.7 Å². The Balaban J connectivity index is 2.10. The van der Waals surface area contributed by atoms with Gasteiger partial charge in [-0.3, -0.25) is 0 Å². The third-order valence-corrected chi connectivity index (χ3v) is 4.04. The van der Waals surface area contributed by atoms with Crippen molar-refractivity contribution >= 4 is 22.5 Å². The molecule has 0 aliphatic carbocycles. The number of rotatable bonds is 5. The van der Waals surface area contributed by atoms with Crippen LogP contribution in [0.5, 0.6) is 5.75 Å². The third kappa shape index (κ3) is 3.07. The zero-order valence-corrected chi connectivity index (χ0v) is 14.9. The second-order valence-electron chi connectivity index (χ2n) is 6.45. The van der Waals surface area contributed by atoms with Gasteiger partial charge in [-0.25, -0.2) is 9.97 Å². The first kappa shape index (κ1) is 16.3. The normalized spacial score (nSPS) is 11.2. The minimum Gasteiger partial charge on any atom is -0.497 e. The SMILES string of the molecule is COc1ccc(N(C)c2nc(C)nc3ccn(CC(C)C)c23)cc1. The topological polar surface area (TPSA) is 43.2 Å². The number of aryl methyl sites for hydroxylation is 1. The molecule has 0 bridgehead atoms. The van der Waals surface area contributed by atoms with Crippen molar-refractivity contribution in [2.45, 2.75) is 27.3 Å². The summed E-state index contributed by atoms with van der Waals surface area (Å²) in [7, 11) is 3.71. The average Bonchev–Trinajstić information content (AvgIpc) is 2.95. The summed E-state index contributed by atoms with van der Waals surface area (Å²) >= 11 is 0. The molecule has 3 aromatic rings. The van der Waals surface area contributed by atoms with Gasteiger partial charge in [0.05, 0.1) is 12.6 Å². The molecule has 0 amide bonds. The van der Waals surface area contributed by atoms with Crippen molar-refractivity contribution in [1.82, 2.24) is 14.5 Å². The van der Waals surface area contributed by atoms with Crippen molar-refractivity contribution in [2.24, 2.45) is 5.92 Å². The molecule has 2 heterocycles. The maximum Gasteiger partial charge on any atom is 0.161 e. The minimum absolute atomic E-state index is 0.557. The monoisotopic (exact) mass is 324 g/mol. The first-order valence-electron chi connectivity index (χ1n) is 8.21. The largest absolute Gasteiger partial charge is 0.497 e. The van der Waals surface area contributed by atoms with E-state index in [2.05, 4.69) is 40.6 Å². The summed E-state index contributed by atoms with van der Waals surface area (Å²) in [6, 6.07) is 10.1. The van der Waals surface area contributed by atoms with Gasteiger partial charge in [0, 0.05) is 25.5 Å². The highest BCUT2D eigenvalue weighted by molar-refractivity contribution is 5.89. The van der Waals surface area contributed by atoms with E-state index in [4.69, 9.17) is 9.72 Å². The molecule has 0 aliphatic heterocycles. The summed E-state index contributed by atoms with van der Waals surface area (Å²) in [6.07, 6.45) is 2.10. The van der Waals surface area contributed by atoms with E-state index >= 15 is 0 Å². The predicted molar refractivity (Wildman–Crippen MR) is 98.2 cm³/mol. The van der Waals surface area contributed by atoms with Gasteiger partial charge >= 0.3 is 0 Å². The lowest BCUT2D eigenvalue weighted by atomic mass is 10.2. The summed E-state index contributed by atoms with van der Waals surface area (Å²) < 4.78 is 7.49. The Bertz CT molecular complexity index is 836. The van der Waals surface area contributed by atoms with Gasteiger partial charge in [0.25, 0.3) is 0 Å². The Hall–Kier alpha value is -2.56. The van der Waals surface area contributed by atoms with Crippen molar-refractivity contribution in [2.75, 3.05) is 19.1 Å². The van der Waals surface area contributed by atoms with E-state index in [-0.39, 0.29) is 0 Å². The number of fused-ring (bicyclic) bond motifs is 1. The highest BCUT2D eigenvalue weighted by Crippen LogP contribution is 2.30. The van der Waals surface area contributed by atoms with Crippen molar-refractivity contribution in [3.63, 3.8) is 0 Å². The number of benzene rings is 1. The fourth-order valence-corrected chi connectivity index (χ4v) is 2.91. The summed E-state index contributed by atoms with van der Waals surface area (Å²) in [4.78, 5) is 11.4. The van der Waals surface area contributed by atoms with Crippen molar-refractivity contribution in [3.8, 4) is 5.75 Å². The zero-order valence-electron chi connectivity index (χ0n) is 14.9. The second kappa shape index (κ2) is 6.51. The Morgan fingerprint density at radius 1 is 1.12 bits per heavy atom. The Kier molecular flexibility index (Phi) is 4.42. The maximum atomic E-state index is 5.25. The number of methoxy groups -OCH3 is 1. The van der Waals surface area contributed by atoms with Gasteiger partial charge in [0.1, 0.15) is 17.1 Å². The molecule has 2 aromatic heterocycles. The minimum atomic E-state index is 0.557. The van der Waals surface area contributed by atoms with Crippen LogP contribution in [0.1, 0.15) is 19.7 Å². The van der Waals surface area contributed by atoms with Crippen LogP contribution in [-0.2, 0) is 6.54 Å². The molecule has 0 aliphatic rings. The van der Waals surface area contributed by atoms with Crippen LogP contribution in [-0.4, -0.2) is 28.7 Å². The summed E-state index contributed by atoms with van der Waals surface area (Å²) in [5.74, 6) is 3.11. The molecule has 5 nitrogen and oxygen atoms in total. The predicted octanol–water partition coefficient (Wildman–Crippen LogP) is 4.17. The van der Waals surface area contributed by atoms with E-state index in [1.165, 1.54) is 0 Å². The second-order valence-corrected chi connectivity index (χ2v) is 6.45. The molecule has 5 heteroatoms. The number of anilines is 2. The number of hydrogen-bond acceptors (Lipinski definition) is 4. The highest BCUT2D eigenvalue weighted by Gasteiger charge is 2.16. The van der Waals surface area contributed by atoms with Crippen molar-refractivity contribution in [3.05, 3.63) is 42.4 Å².